The molecule has 0 saturated heterocycles. The lowest BCUT2D eigenvalue weighted by atomic mass is 9.79. The quantitative estimate of drug-likeness (QED) is 0.227. The average molecular weight is 439 g/mol. The summed E-state index contributed by atoms with van der Waals surface area (Å²) in [4.78, 5) is 11.7. The number of unbranched alkanes of at least 4 members (excludes halogenated alkanes) is 4. The smallest absolute Gasteiger partial charge is 0.130 e. The molecule has 176 valence electrons. The Kier molecular flexibility index (Phi) is 11.1. The summed E-state index contributed by atoms with van der Waals surface area (Å²) in [7, 11) is 1.79. The van der Waals surface area contributed by atoms with Gasteiger partial charge in [-0.05, 0) is 50.7 Å². The minimum atomic E-state index is -0.406. The van der Waals surface area contributed by atoms with Crippen molar-refractivity contribution in [2.75, 3.05) is 7.11 Å². The topological polar surface area (TPSA) is 46.5 Å². The second-order valence-corrected chi connectivity index (χ2v) is 9.55. The Morgan fingerprint density at radius 2 is 1.28 bits per heavy atom. The molecule has 0 radical (unpaired) electrons. The average Bonchev–Trinajstić information content (AvgIpc) is 2.84. The molecule has 2 rings (SSSR count). The van der Waals surface area contributed by atoms with E-state index in [-0.39, 0.29) is 11.7 Å². The Morgan fingerprint density at radius 1 is 0.781 bits per heavy atom. The number of hydrogen-bond acceptors (Lipinski definition) is 3. The summed E-state index contributed by atoms with van der Waals surface area (Å²) in [6.45, 7) is 4.18. The van der Waals surface area contributed by atoms with Gasteiger partial charge in [-0.15, -0.1) is 0 Å². The molecule has 0 amide bonds. The van der Waals surface area contributed by atoms with Gasteiger partial charge in [-0.1, -0.05) is 99.2 Å². The summed E-state index contributed by atoms with van der Waals surface area (Å²) in [5.74, 6) is 0. The van der Waals surface area contributed by atoms with Gasteiger partial charge in [0, 0.05) is 12.5 Å². The maximum atomic E-state index is 11.7. The van der Waals surface area contributed by atoms with Crippen LogP contribution >= 0.6 is 0 Å². The van der Waals surface area contributed by atoms with Gasteiger partial charge in [0.05, 0.1) is 11.7 Å². The van der Waals surface area contributed by atoms with Gasteiger partial charge in [0.1, 0.15) is 6.29 Å². The van der Waals surface area contributed by atoms with E-state index in [1.807, 2.05) is 43.3 Å². The van der Waals surface area contributed by atoms with Crippen LogP contribution in [0.2, 0.25) is 0 Å². The second-order valence-electron chi connectivity index (χ2n) is 9.55. The summed E-state index contributed by atoms with van der Waals surface area (Å²) >= 11 is 0. The molecule has 0 spiro atoms. The first-order valence-corrected chi connectivity index (χ1v) is 12.2. The highest BCUT2D eigenvalue weighted by atomic mass is 16.5. The number of aliphatic hydroxyl groups excluding tert-OH is 1. The first-order chi connectivity index (χ1) is 15.4. The molecule has 0 bridgehead atoms. The molecule has 0 fully saturated rings. The molecule has 0 aliphatic heterocycles. The third kappa shape index (κ3) is 8.18. The fraction of sp³-hybridized carbons (Fsp3) is 0.552. The minimum absolute atomic E-state index is 0.218. The highest BCUT2D eigenvalue weighted by Gasteiger charge is 2.26. The van der Waals surface area contributed by atoms with Crippen molar-refractivity contribution in [3.8, 4) is 0 Å². The van der Waals surface area contributed by atoms with Gasteiger partial charge in [0.2, 0.25) is 0 Å². The lowest BCUT2D eigenvalue weighted by Crippen LogP contribution is -2.24. The van der Waals surface area contributed by atoms with E-state index < -0.39 is 5.41 Å². The Labute approximate surface area is 195 Å². The van der Waals surface area contributed by atoms with Gasteiger partial charge in [0.15, 0.2) is 0 Å². The summed E-state index contributed by atoms with van der Waals surface area (Å²) in [5, 5.41) is 10.3. The molecule has 3 atom stereocenters. The number of methoxy groups -OCH3 is 1. The predicted molar refractivity (Wildman–Crippen MR) is 133 cm³/mol. The largest absolute Gasteiger partial charge is 0.393 e. The molecule has 32 heavy (non-hydrogen) atoms. The third-order valence-electron chi connectivity index (χ3n) is 6.95. The first-order valence-electron chi connectivity index (χ1n) is 12.2. The van der Waals surface area contributed by atoms with Gasteiger partial charge < -0.3 is 14.6 Å². The highest BCUT2D eigenvalue weighted by molar-refractivity contribution is 5.67. The molecular formula is C29H42O3. The van der Waals surface area contributed by atoms with E-state index >= 15 is 0 Å². The zero-order valence-electron chi connectivity index (χ0n) is 20.3. The van der Waals surface area contributed by atoms with E-state index in [1.54, 1.807) is 7.11 Å². The van der Waals surface area contributed by atoms with Crippen molar-refractivity contribution < 1.29 is 14.6 Å². The van der Waals surface area contributed by atoms with Crippen LogP contribution in [0.15, 0.2) is 60.7 Å². The van der Waals surface area contributed by atoms with Gasteiger partial charge in [-0.2, -0.15) is 0 Å². The van der Waals surface area contributed by atoms with Crippen LogP contribution in [-0.2, 0) is 20.5 Å². The number of benzene rings is 2. The van der Waals surface area contributed by atoms with E-state index in [1.165, 1.54) is 5.56 Å². The molecule has 0 aromatic heterocycles. The standard InChI is InChI=1S/C29H42O3/c1-28(24-30,25-16-8-4-9-17-25)22-14-6-12-20-27(31)21-13-7-15-23-29(2,32-3)26-18-10-5-11-19-26/h4-5,8-11,16-19,24,27,31H,6-7,12-15,20-23H2,1-3H3. The monoisotopic (exact) mass is 438 g/mol. The van der Waals surface area contributed by atoms with E-state index in [0.29, 0.717) is 0 Å². The van der Waals surface area contributed by atoms with Crippen LogP contribution in [-0.4, -0.2) is 24.6 Å². The Bertz CT molecular complexity index is 760. The molecule has 2 aromatic carbocycles. The van der Waals surface area contributed by atoms with Gasteiger partial charge >= 0.3 is 0 Å². The molecule has 3 nitrogen and oxygen atoms in total. The third-order valence-corrected chi connectivity index (χ3v) is 6.95. The molecule has 0 aliphatic carbocycles. The summed E-state index contributed by atoms with van der Waals surface area (Å²) in [6.07, 6.45) is 10.8. The summed E-state index contributed by atoms with van der Waals surface area (Å²) in [5.41, 5.74) is 1.67. The molecular weight excluding hydrogens is 396 g/mol. The lowest BCUT2D eigenvalue weighted by molar-refractivity contribution is -0.112. The van der Waals surface area contributed by atoms with Crippen LogP contribution < -0.4 is 0 Å². The fourth-order valence-corrected chi connectivity index (χ4v) is 4.46. The fourth-order valence-electron chi connectivity index (χ4n) is 4.46. The van der Waals surface area contributed by atoms with E-state index in [4.69, 9.17) is 4.74 Å². The second kappa shape index (κ2) is 13.5. The van der Waals surface area contributed by atoms with Crippen molar-refractivity contribution in [1.82, 2.24) is 0 Å². The molecule has 3 unspecified atom stereocenters. The van der Waals surface area contributed by atoms with Crippen LogP contribution in [0.3, 0.4) is 0 Å². The van der Waals surface area contributed by atoms with Crippen molar-refractivity contribution in [2.45, 2.75) is 95.2 Å². The van der Waals surface area contributed by atoms with Gasteiger partial charge in [-0.3, -0.25) is 0 Å². The number of rotatable bonds is 16. The number of hydrogen-bond donors (Lipinski definition) is 1. The maximum Gasteiger partial charge on any atom is 0.130 e. The van der Waals surface area contributed by atoms with Crippen LogP contribution in [0, 0.1) is 0 Å². The van der Waals surface area contributed by atoms with Crippen molar-refractivity contribution in [3.63, 3.8) is 0 Å². The van der Waals surface area contributed by atoms with Crippen molar-refractivity contribution in [3.05, 3.63) is 71.8 Å². The Morgan fingerprint density at radius 3 is 1.78 bits per heavy atom. The van der Waals surface area contributed by atoms with E-state index in [9.17, 15) is 9.90 Å². The Balaban J connectivity index is 1.58. The number of ether oxygens (including phenoxy) is 1. The lowest BCUT2D eigenvalue weighted by Gasteiger charge is -2.29. The molecule has 2 aromatic rings. The zero-order valence-corrected chi connectivity index (χ0v) is 20.3. The van der Waals surface area contributed by atoms with E-state index in [0.717, 1.165) is 76.1 Å². The number of carbonyl (C=O) groups is 1. The van der Waals surface area contributed by atoms with Crippen molar-refractivity contribution >= 4 is 6.29 Å². The number of aldehydes is 1. The molecule has 0 aliphatic rings. The summed E-state index contributed by atoms with van der Waals surface area (Å²) in [6, 6.07) is 20.4. The van der Waals surface area contributed by atoms with Crippen LogP contribution in [0.25, 0.3) is 0 Å². The molecule has 1 N–H and O–H groups in total. The van der Waals surface area contributed by atoms with E-state index in [2.05, 4.69) is 31.2 Å². The van der Waals surface area contributed by atoms with Crippen molar-refractivity contribution in [1.29, 1.82) is 0 Å². The Hall–Kier alpha value is -1.97. The van der Waals surface area contributed by atoms with Gasteiger partial charge in [-0.25, -0.2) is 0 Å². The predicted octanol–water partition coefficient (Wildman–Crippen LogP) is 6.97. The number of carbonyl (C=O) groups excluding carboxylic acids is 1. The molecule has 0 saturated carbocycles. The van der Waals surface area contributed by atoms with Crippen LogP contribution in [0.4, 0.5) is 0 Å². The first kappa shape index (κ1) is 26.3. The van der Waals surface area contributed by atoms with Gasteiger partial charge in [0.25, 0.3) is 0 Å². The SMILES string of the molecule is COC(C)(CCCCCC(O)CCCCCC(C)(C=O)c1ccccc1)c1ccccc1. The minimum Gasteiger partial charge on any atom is -0.393 e. The molecule has 0 heterocycles. The maximum absolute atomic E-state index is 11.7. The summed E-state index contributed by atoms with van der Waals surface area (Å²) < 4.78 is 5.82. The van der Waals surface area contributed by atoms with Crippen LogP contribution in [0.1, 0.15) is 89.2 Å². The zero-order chi connectivity index (χ0) is 23.3. The normalized spacial score (nSPS) is 16.1. The number of aliphatic hydroxyl groups is 1. The highest BCUT2D eigenvalue weighted by Crippen LogP contribution is 2.31. The molecule has 3 heteroatoms. The van der Waals surface area contributed by atoms with Crippen LogP contribution in [0.5, 0.6) is 0 Å². The van der Waals surface area contributed by atoms with Crippen molar-refractivity contribution in [2.24, 2.45) is 0 Å².